The molecule has 1 amide bonds. The summed E-state index contributed by atoms with van der Waals surface area (Å²) in [5.74, 6) is 1.92. The summed E-state index contributed by atoms with van der Waals surface area (Å²) in [4.78, 5) is 12.0. The Morgan fingerprint density at radius 3 is 2.22 bits per heavy atom. The van der Waals surface area contributed by atoms with Gasteiger partial charge in [0.25, 0.3) is 0 Å². The Balaban J connectivity index is 2.01. The van der Waals surface area contributed by atoms with Crippen LogP contribution in [-0.2, 0) is 16.0 Å². The standard InChI is InChI=1S/C19H30N2O6/c1-19(2,3)27-18(22)21-14-11-26-10-13(14)20-9-12-7-16(24-5)17(25-6)8-15(12)23-4/h7-8,13-14,20H,9-11H2,1-6H3,(H,21,22)/t13-,14+/m1/s1. The van der Waals surface area contributed by atoms with Crippen LogP contribution < -0.4 is 24.8 Å². The van der Waals surface area contributed by atoms with Crippen LogP contribution in [0.15, 0.2) is 12.1 Å². The Kier molecular flexibility index (Phi) is 7.15. The zero-order valence-electron chi connectivity index (χ0n) is 16.9. The summed E-state index contributed by atoms with van der Waals surface area (Å²) in [6, 6.07) is 3.44. The molecule has 0 saturated carbocycles. The highest BCUT2D eigenvalue weighted by Gasteiger charge is 2.31. The van der Waals surface area contributed by atoms with Gasteiger partial charge >= 0.3 is 6.09 Å². The van der Waals surface area contributed by atoms with Gasteiger partial charge in [-0.2, -0.15) is 0 Å². The summed E-state index contributed by atoms with van der Waals surface area (Å²) in [7, 11) is 4.78. The van der Waals surface area contributed by atoms with Crippen molar-refractivity contribution in [2.75, 3.05) is 34.5 Å². The maximum Gasteiger partial charge on any atom is 0.408 e. The second-order valence-corrected chi connectivity index (χ2v) is 7.30. The van der Waals surface area contributed by atoms with Crippen molar-refractivity contribution < 1.29 is 28.5 Å². The first-order valence-corrected chi connectivity index (χ1v) is 8.87. The van der Waals surface area contributed by atoms with E-state index in [-0.39, 0.29) is 12.1 Å². The van der Waals surface area contributed by atoms with E-state index in [1.165, 1.54) is 0 Å². The molecule has 1 aliphatic rings. The number of alkyl carbamates (subject to hydrolysis) is 1. The van der Waals surface area contributed by atoms with Crippen molar-refractivity contribution in [1.29, 1.82) is 0 Å². The average Bonchev–Trinajstić information content (AvgIpc) is 3.04. The molecular weight excluding hydrogens is 352 g/mol. The molecule has 1 aliphatic heterocycles. The van der Waals surface area contributed by atoms with Gasteiger partial charge in [0.2, 0.25) is 0 Å². The normalized spacial score (nSPS) is 19.5. The van der Waals surface area contributed by atoms with E-state index in [2.05, 4.69) is 10.6 Å². The van der Waals surface area contributed by atoms with E-state index in [9.17, 15) is 4.79 Å². The fourth-order valence-electron chi connectivity index (χ4n) is 2.83. The molecule has 0 bridgehead atoms. The van der Waals surface area contributed by atoms with Crippen molar-refractivity contribution in [3.05, 3.63) is 17.7 Å². The predicted molar refractivity (Wildman–Crippen MR) is 101 cm³/mol. The molecule has 1 heterocycles. The summed E-state index contributed by atoms with van der Waals surface area (Å²) >= 11 is 0. The molecule has 0 spiro atoms. The molecule has 27 heavy (non-hydrogen) atoms. The van der Waals surface area contributed by atoms with Gasteiger partial charge in [-0.05, 0) is 26.8 Å². The van der Waals surface area contributed by atoms with Crippen molar-refractivity contribution in [3.63, 3.8) is 0 Å². The van der Waals surface area contributed by atoms with Crippen molar-refractivity contribution >= 4 is 6.09 Å². The van der Waals surface area contributed by atoms with Crippen LogP contribution in [-0.4, -0.2) is 58.3 Å². The predicted octanol–water partition coefficient (Wildman–Crippen LogP) is 2.09. The topological polar surface area (TPSA) is 87.3 Å². The molecule has 0 radical (unpaired) electrons. The van der Waals surface area contributed by atoms with Gasteiger partial charge < -0.3 is 34.3 Å². The van der Waals surface area contributed by atoms with Crippen LogP contribution in [0.2, 0.25) is 0 Å². The molecule has 2 atom stereocenters. The second kappa shape index (κ2) is 9.14. The van der Waals surface area contributed by atoms with Gasteiger partial charge in [0.15, 0.2) is 11.5 Å². The van der Waals surface area contributed by atoms with Gasteiger partial charge in [0.1, 0.15) is 11.4 Å². The first kappa shape index (κ1) is 21.1. The fourth-order valence-corrected chi connectivity index (χ4v) is 2.83. The lowest BCUT2D eigenvalue weighted by molar-refractivity contribution is 0.0494. The first-order valence-electron chi connectivity index (χ1n) is 8.87. The van der Waals surface area contributed by atoms with Crippen molar-refractivity contribution in [2.24, 2.45) is 0 Å². The lowest BCUT2D eigenvalue weighted by Gasteiger charge is -2.24. The summed E-state index contributed by atoms with van der Waals surface area (Å²) in [5, 5.41) is 6.27. The van der Waals surface area contributed by atoms with Crippen molar-refractivity contribution in [1.82, 2.24) is 10.6 Å². The van der Waals surface area contributed by atoms with Gasteiger partial charge in [-0.1, -0.05) is 0 Å². The molecule has 0 unspecified atom stereocenters. The monoisotopic (exact) mass is 382 g/mol. The summed E-state index contributed by atoms with van der Waals surface area (Å²) in [5.41, 5.74) is 0.373. The molecule has 1 saturated heterocycles. The number of ether oxygens (including phenoxy) is 5. The smallest absolute Gasteiger partial charge is 0.408 e. The summed E-state index contributed by atoms with van der Waals surface area (Å²) < 4.78 is 27.0. The van der Waals surface area contributed by atoms with E-state index in [4.69, 9.17) is 23.7 Å². The summed E-state index contributed by atoms with van der Waals surface area (Å²) in [6.07, 6.45) is -0.450. The van der Waals surface area contributed by atoms with Crippen molar-refractivity contribution in [3.8, 4) is 17.2 Å². The third-order valence-electron chi connectivity index (χ3n) is 4.12. The van der Waals surface area contributed by atoms with Gasteiger partial charge in [-0.3, -0.25) is 0 Å². The highest BCUT2D eigenvalue weighted by atomic mass is 16.6. The zero-order chi connectivity index (χ0) is 20.0. The second-order valence-electron chi connectivity index (χ2n) is 7.30. The first-order chi connectivity index (χ1) is 12.8. The Labute approximate surface area is 160 Å². The van der Waals surface area contributed by atoms with Crippen LogP contribution in [0.4, 0.5) is 4.79 Å². The maximum absolute atomic E-state index is 12.0. The lowest BCUT2D eigenvalue weighted by atomic mass is 10.1. The number of carbonyl (C=O) groups excluding carboxylic acids is 1. The quantitative estimate of drug-likeness (QED) is 0.747. The number of nitrogens with one attached hydrogen (secondary N) is 2. The van der Waals surface area contributed by atoms with Crippen LogP contribution in [0.5, 0.6) is 17.2 Å². The minimum Gasteiger partial charge on any atom is -0.496 e. The molecule has 152 valence electrons. The molecular formula is C19H30N2O6. The Bertz CT molecular complexity index is 644. The van der Waals surface area contributed by atoms with Gasteiger partial charge in [-0.15, -0.1) is 0 Å². The molecule has 1 aromatic rings. The number of benzene rings is 1. The number of rotatable bonds is 7. The van der Waals surface area contributed by atoms with E-state index in [1.807, 2.05) is 26.8 Å². The highest BCUT2D eigenvalue weighted by molar-refractivity contribution is 5.68. The Morgan fingerprint density at radius 1 is 1.04 bits per heavy atom. The third-order valence-corrected chi connectivity index (χ3v) is 4.12. The average molecular weight is 382 g/mol. The van der Waals surface area contributed by atoms with E-state index in [0.29, 0.717) is 37.0 Å². The van der Waals surface area contributed by atoms with Gasteiger partial charge in [0, 0.05) is 18.2 Å². The van der Waals surface area contributed by atoms with Crippen LogP contribution in [0.1, 0.15) is 26.3 Å². The Hall–Kier alpha value is -2.19. The Morgan fingerprint density at radius 2 is 1.63 bits per heavy atom. The molecule has 2 rings (SSSR count). The largest absolute Gasteiger partial charge is 0.496 e. The van der Waals surface area contributed by atoms with Crippen LogP contribution in [0, 0.1) is 0 Å². The number of hydrogen-bond donors (Lipinski definition) is 2. The van der Waals surface area contributed by atoms with E-state index in [1.54, 1.807) is 27.4 Å². The molecule has 1 fully saturated rings. The van der Waals surface area contributed by atoms with Crippen LogP contribution in [0.3, 0.4) is 0 Å². The van der Waals surface area contributed by atoms with E-state index < -0.39 is 11.7 Å². The lowest BCUT2D eigenvalue weighted by Crippen LogP contribution is -2.50. The molecule has 2 N–H and O–H groups in total. The molecule has 0 aliphatic carbocycles. The zero-order valence-corrected chi connectivity index (χ0v) is 16.9. The SMILES string of the molecule is COc1cc(OC)c(OC)cc1CN[C@@H]1COC[C@@H]1NC(=O)OC(C)(C)C. The van der Waals surface area contributed by atoms with Gasteiger partial charge in [-0.25, -0.2) is 4.79 Å². The number of hydrogen-bond acceptors (Lipinski definition) is 7. The minimum atomic E-state index is -0.542. The van der Waals surface area contributed by atoms with E-state index >= 15 is 0 Å². The van der Waals surface area contributed by atoms with E-state index in [0.717, 1.165) is 5.56 Å². The minimum absolute atomic E-state index is 0.0460. The maximum atomic E-state index is 12.0. The van der Waals surface area contributed by atoms with Gasteiger partial charge in [0.05, 0.1) is 46.6 Å². The summed E-state index contributed by atoms with van der Waals surface area (Å²) in [6.45, 7) is 6.94. The molecule has 1 aromatic carbocycles. The molecule has 8 nitrogen and oxygen atoms in total. The van der Waals surface area contributed by atoms with Crippen molar-refractivity contribution in [2.45, 2.75) is 45.0 Å². The molecule has 0 aromatic heterocycles. The number of methoxy groups -OCH3 is 3. The third kappa shape index (κ3) is 5.90. The number of carbonyl (C=O) groups is 1. The molecule has 8 heteroatoms. The van der Waals surface area contributed by atoms with Crippen LogP contribution in [0.25, 0.3) is 0 Å². The number of amides is 1. The van der Waals surface area contributed by atoms with Crippen LogP contribution >= 0.6 is 0 Å². The fraction of sp³-hybridized carbons (Fsp3) is 0.632. The highest BCUT2D eigenvalue weighted by Crippen LogP contribution is 2.34.